The van der Waals surface area contributed by atoms with E-state index in [9.17, 15) is 0 Å². The molecule has 0 amide bonds. The van der Waals surface area contributed by atoms with Crippen LogP contribution in [-0.4, -0.2) is 43.9 Å². The van der Waals surface area contributed by atoms with E-state index in [1.807, 2.05) is 24.4 Å². The molecule has 1 aliphatic heterocycles. The van der Waals surface area contributed by atoms with E-state index >= 15 is 0 Å². The van der Waals surface area contributed by atoms with Crippen molar-refractivity contribution in [2.24, 2.45) is 5.92 Å². The first kappa shape index (κ1) is 23.4. The van der Waals surface area contributed by atoms with Gasteiger partial charge in [0, 0.05) is 41.4 Å². The van der Waals surface area contributed by atoms with Crippen LogP contribution >= 0.6 is 0 Å². The number of anilines is 1. The number of nitrogens with zero attached hydrogens (tertiary/aromatic N) is 5. The molecular formula is C32H34N6. The Hall–Kier alpha value is -3.77. The monoisotopic (exact) mass is 502 g/mol. The van der Waals surface area contributed by atoms with Crippen molar-refractivity contribution in [2.45, 2.75) is 44.4 Å². The highest BCUT2D eigenvalue weighted by atomic mass is 15.1. The first-order chi connectivity index (χ1) is 18.7. The van der Waals surface area contributed by atoms with Crippen LogP contribution in [0, 0.1) is 5.92 Å². The standard InChI is InChI=1S/C32H34N6/c33-31-30-29(26-13-12-24-14-15-27(35-28(24)20-26)23-6-2-1-3-7-23)36-32(38(30)19-16-34-31)25-10-8-22(9-11-25)21-37-17-4-5-18-37/h1-3,6-7,12-16,19-20,22,25H,4-5,8-11,17-18,21H2,(H2,33,34). The van der Waals surface area contributed by atoms with Gasteiger partial charge in [0.05, 0.1) is 11.2 Å². The third kappa shape index (κ3) is 4.33. The number of pyridine rings is 1. The fourth-order valence-electron chi connectivity index (χ4n) is 6.54. The van der Waals surface area contributed by atoms with Gasteiger partial charge in [0.25, 0.3) is 0 Å². The third-order valence-corrected chi connectivity index (χ3v) is 8.57. The summed E-state index contributed by atoms with van der Waals surface area (Å²) in [6, 6.07) is 21.0. The Labute approximate surface area is 223 Å². The topological polar surface area (TPSA) is 72.3 Å². The molecule has 2 aromatic carbocycles. The molecule has 1 saturated heterocycles. The van der Waals surface area contributed by atoms with Crippen LogP contribution in [0.15, 0.2) is 73.1 Å². The second-order valence-electron chi connectivity index (χ2n) is 11.0. The Bertz CT molecular complexity index is 1580. The van der Waals surface area contributed by atoms with Gasteiger partial charge in [-0.2, -0.15) is 0 Å². The van der Waals surface area contributed by atoms with Crippen LogP contribution < -0.4 is 5.73 Å². The number of nitrogens with two attached hydrogens (primary N) is 1. The minimum atomic E-state index is 0.441. The van der Waals surface area contributed by atoms with Crippen molar-refractivity contribution in [3.8, 4) is 22.5 Å². The first-order valence-electron chi connectivity index (χ1n) is 14.0. The lowest BCUT2D eigenvalue weighted by Crippen LogP contribution is -2.29. The number of likely N-dealkylation sites (tertiary alicyclic amines) is 1. The molecule has 0 bridgehead atoms. The van der Waals surface area contributed by atoms with Gasteiger partial charge in [0.2, 0.25) is 0 Å². The Morgan fingerprint density at radius 1 is 0.842 bits per heavy atom. The Morgan fingerprint density at radius 3 is 2.45 bits per heavy atom. The smallest absolute Gasteiger partial charge is 0.150 e. The lowest BCUT2D eigenvalue weighted by atomic mass is 9.81. The number of aromatic nitrogens is 4. The minimum absolute atomic E-state index is 0.441. The second kappa shape index (κ2) is 9.84. The highest BCUT2D eigenvalue weighted by Crippen LogP contribution is 2.39. The highest BCUT2D eigenvalue weighted by Gasteiger charge is 2.29. The summed E-state index contributed by atoms with van der Waals surface area (Å²) < 4.78 is 2.20. The summed E-state index contributed by atoms with van der Waals surface area (Å²) in [4.78, 5) is 17.4. The minimum Gasteiger partial charge on any atom is -0.382 e. The van der Waals surface area contributed by atoms with Crippen molar-refractivity contribution in [2.75, 3.05) is 25.4 Å². The Morgan fingerprint density at radius 2 is 1.63 bits per heavy atom. The molecule has 38 heavy (non-hydrogen) atoms. The van der Waals surface area contributed by atoms with Crippen molar-refractivity contribution in [3.63, 3.8) is 0 Å². The number of nitrogen functional groups attached to an aromatic ring is 1. The molecular weight excluding hydrogens is 468 g/mol. The van der Waals surface area contributed by atoms with Gasteiger partial charge in [-0.25, -0.2) is 15.0 Å². The van der Waals surface area contributed by atoms with E-state index < -0.39 is 0 Å². The maximum absolute atomic E-state index is 6.47. The molecule has 2 aliphatic rings. The number of benzene rings is 2. The molecule has 0 unspecified atom stereocenters. The Kier molecular flexibility index (Phi) is 6.05. The van der Waals surface area contributed by atoms with Crippen molar-refractivity contribution in [3.05, 3.63) is 78.9 Å². The number of fused-ring (bicyclic) bond motifs is 2. The summed E-state index contributed by atoms with van der Waals surface area (Å²) in [6.45, 7) is 3.84. The number of hydrogen-bond acceptors (Lipinski definition) is 5. The lowest BCUT2D eigenvalue weighted by molar-refractivity contribution is 0.221. The fraction of sp³-hybridized carbons (Fsp3) is 0.344. The van der Waals surface area contributed by atoms with Crippen molar-refractivity contribution in [1.82, 2.24) is 24.3 Å². The molecule has 3 aromatic heterocycles. The van der Waals surface area contributed by atoms with Gasteiger partial charge in [-0.3, -0.25) is 4.40 Å². The fourth-order valence-corrected chi connectivity index (χ4v) is 6.54. The van der Waals surface area contributed by atoms with Crippen molar-refractivity contribution in [1.29, 1.82) is 0 Å². The average molecular weight is 503 g/mol. The summed E-state index contributed by atoms with van der Waals surface area (Å²) in [5.74, 6) is 2.90. The largest absolute Gasteiger partial charge is 0.382 e. The molecule has 7 rings (SSSR count). The van der Waals surface area contributed by atoms with Crippen LogP contribution in [0.2, 0.25) is 0 Å². The number of hydrogen-bond donors (Lipinski definition) is 1. The highest BCUT2D eigenvalue weighted by molar-refractivity contribution is 5.91. The molecule has 2 N–H and O–H groups in total. The summed E-state index contributed by atoms with van der Waals surface area (Å²) in [6.07, 6.45) is 11.5. The predicted octanol–water partition coefficient (Wildman–Crippen LogP) is 6.56. The van der Waals surface area contributed by atoms with Gasteiger partial charge >= 0.3 is 0 Å². The zero-order valence-electron chi connectivity index (χ0n) is 21.8. The van der Waals surface area contributed by atoms with E-state index in [-0.39, 0.29) is 0 Å². The van der Waals surface area contributed by atoms with E-state index in [0.717, 1.165) is 50.7 Å². The van der Waals surface area contributed by atoms with E-state index in [4.69, 9.17) is 15.7 Å². The van der Waals surface area contributed by atoms with E-state index in [1.165, 1.54) is 58.2 Å². The normalized spacial score (nSPS) is 20.4. The van der Waals surface area contributed by atoms with Crippen LogP contribution in [0.3, 0.4) is 0 Å². The first-order valence-corrected chi connectivity index (χ1v) is 14.0. The predicted molar refractivity (Wildman–Crippen MR) is 154 cm³/mol. The molecule has 5 aromatic rings. The molecule has 1 saturated carbocycles. The quantitative estimate of drug-likeness (QED) is 0.295. The molecule has 4 heterocycles. The molecule has 6 nitrogen and oxygen atoms in total. The Balaban J connectivity index is 1.23. The van der Waals surface area contributed by atoms with Crippen LogP contribution in [0.1, 0.15) is 50.3 Å². The molecule has 6 heteroatoms. The molecule has 1 aliphatic carbocycles. The number of rotatable bonds is 5. The van der Waals surface area contributed by atoms with Gasteiger partial charge in [0.1, 0.15) is 22.9 Å². The van der Waals surface area contributed by atoms with Crippen LogP contribution in [0.5, 0.6) is 0 Å². The molecule has 0 radical (unpaired) electrons. The molecule has 0 spiro atoms. The van der Waals surface area contributed by atoms with Crippen LogP contribution in [-0.2, 0) is 0 Å². The van der Waals surface area contributed by atoms with Crippen molar-refractivity contribution < 1.29 is 0 Å². The zero-order valence-corrected chi connectivity index (χ0v) is 21.8. The molecule has 0 atom stereocenters. The summed E-state index contributed by atoms with van der Waals surface area (Å²) in [5.41, 5.74) is 12.3. The van der Waals surface area contributed by atoms with Crippen LogP contribution in [0.25, 0.3) is 38.9 Å². The van der Waals surface area contributed by atoms with E-state index in [0.29, 0.717) is 11.7 Å². The van der Waals surface area contributed by atoms with Crippen molar-refractivity contribution >= 4 is 22.2 Å². The van der Waals surface area contributed by atoms with Gasteiger partial charge in [-0.1, -0.05) is 48.5 Å². The van der Waals surface area contributed by atoms with Gasteiger partial charge < -0.3 is 10.6 Å². The van der Waals surface area contributed by atoms with Gasteiger partial charge in [-0.15, -0.1) is 0 Å². The number of imidazole rings is 1. The maximum atomic E-state index is 6.47. The summed E-state index contributed by atoms with van der Waals surface area (Å²) >= 11 is 0. The van der Waals surface area contributed by atoms with E-state index in [1.54, 1.807) is 6.20 Å². The van der Waals surface area contributed by atoms with Gasteiger partial charge in [-0.05, 0) is 69.7 Å². The average Bonchev–Trinajstić information content (AvgIpc) is 3.62. The molecule has 2 fully saturated rings. The molecule has 192 valence electrons. The van der Waals surface area contributed by atoms with E-state index in [2.05, 4.69) is 56.7 Å². The lowest BCUT2D eigenvalue weighted by Gasteiger charge is -2.30. The SMILES string of the molecule is Nc1nccn2c(C3CCC(CN4CCCC4)CC3)nc(-c3ccc4ccc(-c5ccccc5)nc4c3)c12. The van der Waals surface area contributed by atoms with Gasteiger partial charge in [0.15, 0.2) is 0 Å². The maximum Gasteiger partial charge on any atom is 0.150 e. The zero-order chi connectivity index (χ0) is 25.5. The second-order valence-corrected chi connectivity index (χ2v) is 11.0. The summed E-state index contributed by atoms with van der Waals surface area (Å²) in [7, 11) is 0. The summed E-state index contributed by atoms with van der Waals surface area (Å²) in [5, 5.41) is 1.11. The van der Waals surface area contributed by atoms with Crippen LogP contribution in [0.4, 0.5) is 5.82 Å². The third-order valence-electron chi connectivity index (χ3n) is 8.57.